The van der Waals surface area contributed by atoms with Crippen LogP contribution in [0, 0.1) is 0 Å². The van der Waals surface area contributed by atoms with Crippen LogP contribution in [0.15, 0.2) is 35.7 Å². The molecular weight excluding hydrogens is 328 g/mol. The van der Waals surface area contributed by atoms with E-state index in [1.807, 2.05) is 24.4 Å². The van der Waals surface area contributed by atoms with E-state index in [4.69, 9.17) is 9.47 Å². The molecule has 0 aliphatic heterocycles. The van der Waals surface area contributed by atoms with Crippen LogP contribution in [0.4, 0.5) is 4.79 Å². The number of thiophene rings is 1. The molecule has 0 aliphatic rings. The van der Waals surface area contributed by atoms with Crippen LogP contribution < -0.4 is 15.4 Å². The Kier molecular flexibility index (Phi) is 6.20. The lowest BCUT2D eigenvalue weighted by Crippen LogP contribution is -2.36. The van der Waals surface area contributed by atoms with E-state index in [9.17, 15) is 9.59 Å². The molecule has 2 rings (SSSR count). The highest BCUT2D eigenvalue weighted by Gasteiger charge is 2.14. The average molecular weight is 348 g/mol. The van der Waals surface area contributed by atoms with Crippen LogP contribution in [-0.2, 0) is 11.3 Å². The standard InChI is InChI=1S/C17H20N2O4S/c1-11(15-5-4-8-24-15)19-17(21)18-10-12-6-7-14(22-2)13(9-12)16(20)23-3/h4-9,11H,10H2,1-3H3,(H2,18,19,21)/t11-/m0/s1. The van der Waals surface area contributed by atoms with Gasteiger partial charge in [-0.1, -0.05) is 12.1 Å². The minimum absolute atomic E-state index is 0.0634. The molecule has 24 heavy (non-hydrogen) atoms. The Balaban J connectivity index is 1.96. The molecule has 0 fully saturated rings. The number of carbonyl (C=O) groups excluding carboxylic acids is 2. The maximum atomic E-state index is 12.0. The van der Waals surface area contributed by atoms with Crippen molar-refractivity contribution in [2.75, 3.05) is 14.2 Å². The van der Waals surface area contributed by atoms with Gasteiger partial charge < -0.3 is 20.1 Å². The predicted molar refractivity (Wildman–Crippen MR) is 92.4 cm³/mol. The van der Waals surface area contributed by atoms with E-state index < -0.39 is 5.97 Å². The molecule has 7 heteroatoms. The molecule has 2 N–H and O–H groups in total. The normalized spacial score (nSPS) is 11.5. The summed E-state index contributed by atoms with van der Waals surface area (Å²) < 4.78 is 9.88. The summed E-state index contributed by atoms with van der Waals surface area (Å²) in [4.78, 5) is 24.8. The SMILES string of the molecule is COC(=O)c1cc(CNC(=O)N[C@@H](C)c2cccs2)ccc1OC. The Labute approximate surface area is 144 Å². The quantitative estimate of drug-likeness (QED) is 0.787. The van der Waals surface area contributed by atoms with E-state index in [1.165, 1.54) is 14.2 Å². The molecule has 1 aromatic heterocycles. The third kappa shape index (κ3) is 4.48. The second kappa shape index (κ2) is 8.35. The molecule has 0 saturated carbocycles. The van der Waals surface area contributed by atoms with Crippen LogP contribution in [0.5, 0.6) is 5.75 Å². The number of nitrogens with one attached hydrogen (secondary N) is 2. The monoisotopic (exact) mass is 348 g/mol. The zero-order chi connectivity index (χ0) is 17.5. The Morgan fingerprint density at radius 1 is 1.25 bits per heavy atom. The topological polar surface area (TPSA) is 76.7 Å². The summed E-state index contributed by atoms with van der Waals surface area (Å²) in [5.74, 6) is -0.0501. The highest BCUT2D eigenvalue weighted by atomic mass is 32.1. The van der Waals surface area contributed by atoms with E-state index in [1.54, 1.807) is 29.5 Å². The molecule has 6 nitrogen and oxygen atoms in total. The summed E-state index contributed by atoms with van der Waals surface area (Å²) in [7, 11) is 2.80. The molecule has 1 aromatic carbocycles. The van der Waals surface area contributed by atoms with Gasteiger partial charge in [-0.2, -0.15) is 0 Å². The van der Waals surface area contributed by atoms with E-state index in [0.717, 1.165) is 10.4 Å². The molecular formula is C17H20N2O4S. The minimum atomic E-state index is -0.482. The number of urea groups is 1. The number of benzene rings is 1. The summed E-state index contributed by atoms with van der Waals surface area (Å²) in [6, 6.07) is 8.69. The van der Waals surface area contributed by atoms with Gasteiger partial charge in [-0.15, -0.1) is 11.3 Å². The van der Waals surface area contributed by atoms with Crippen LogP contribution in [0.25, 0.3) is 0 Å². The molecule has 0 unspecified atom stereocenters. The van der Waals surface area contributed by atoms with Crippen molar-refractivity contribution in [3.63, 3.8) is 0 Å². The minimum Gasteiger partial charge on any atom is -0.496 e. The lowest BCUT2D eigenvalue weighted by atomic mass is 10.1. The summed E-state index contributed by atoms with van der Waals surface area (Å²) in [5.41, 5.74) is 1.10. The molecule has 1 atom stereocenters. The van der Waals surface area contributed by atoms with Crippen molar-refractivity contribution in [1.82, 2.24) is 10.6 Å². The number of methoxy groups -OCH3 is 2. The van der Waals surface area contributed by atoms with Crippen LogP contribution in [0.2, 0.25) is 0 Å². The number of carbonyl (C=O) groups is 2. The Bertz CT molecular complexity index is 701. The van der Waals surface area contributed by atoms with Gasteiger partial charge in [-0.05, 0) is 36.1 Å². The first-order valence-corrected chi connectivity index (χ1v) is 8.26. The van der Waals surface area contributed by atoms with Gasteiger partial charge in [-0.3, -0.25) is 0 Å². The predicted octanol–water partition coefficient (Wildman–Crippen LogP) is 3.10. The first-order chi connectivity index (χ1) is 11.5. The number of amides is 2. The van der Waals surface area contributed by atoms with Crippen LogP contribution in [0.3, 0.4) is 0 Å². The van der Waals surface area contributed by atoms with Gasteiger partial charge in [0.1, 0.15) is 11.3 Å². The zero-order valence-electron chi connectivity index (χ0n) is 13.8. The van der Waals surface area contributed by atoms with Crippen molar-refractivity contribution in [2.45, 2.75) is 19.5 Å². The number of rotatable bonds is 6. The van der Waals surface area contributed by atoms with Crippen molar-refractivity contribution in [2.24, 2.45) is 0 Å². The van der Waals surface area contributed by atoms with Gasteiger partial charge in [0.2, 0.25) is 0 Å². The van der Waals surface area contributed by atoms with Gasteiger partial charge in [0, 0.05) is 11.4 Å². The van der Waals surface area contributed by atoms with E-state index in [0.29, 0.717) is 11.3 Å². The molecule has 1 heterocycles. The maximum Gasteiger partial charge on any atom is 0.341 e. The second-order valence-corrected chi connectivity index (χ2v) is 6.07. The van der Waals surface area contributed by atoms with Crippen molar-refractivity contribution < 1.29 is 19.1 Å². The Morgan fingerprint density at radius 2 is 2.04 bits per heavy atom. The Morgan fingerprint density at radius 3 is 2.67 bits per heavy atom. The number of hydrogen-bond acceptors (Lipinski definition) is 5. The average Bonchev–Trinajstić information content (AvgIpc) is 3.13. The van der Waals surface area contributed by atoms with Gasteiger partial charge in [0.05, 0.1) is 20.3 Å². The highest BCUT2D eigenvalue weighted by Crippen LogP contribution is 2.21. The van der Waals surface area contributed by atoms with E-state index >= 15 is 0 Å². The molecule has 0 radical (unpaired) electrons. The van der Waals surface area contributed by atoms with Crippen LogP contribution in [0.1, 0.15) is 33.8 Å². The van der Waals surface area contributed by atoms with Crippen molar-refractivity contribution >= 4 is 23.3 Å². The Hall–Kier alpha value is -2.54. The van der Waals surface area contributed by atoms with Crippen molar-refractivity contribution in [3.8, 4) is 5.75 Å². The molecule has 2 amide bonds. The first-order valence-electron chi connectivity index (χ1n) is 7.38. The van der Waals surface area contributed by atoms with E-state index in [2.05, 4.69) is 10.6 Å². The molecule has 0 spiro atoms. The van der Waals surface area contributed by atoms with Gasteiger partial charge in [0.15, 0.2) is 0 Å². The number of hydrogen-bond donors (Lipinski definition) is 2. The van der Waals surface area contributed by atoms with Gasteiger partial charge >= 0.3 is 12.0 Å². The van der Waals surface area contributed by atoms with Crippen molar-refractivity contribution in [3.05, 3.63) is 51.7 Å². The van der Waals surface area contributed by atoms with Crippen LogP contribution in [-0.4, -0.2) is 26.2 Å². The molecule has 2 aromatic rings. The fraction of sp³-hybridized carbons (Fsp3) is 0.294. The first kappa shape index (κ1) is 17.8. The third-order valence-corrected chi connectivity index (χ3v) is 4.49. The second-order valence-electron chi connectivity index (χ2n) is 5.09. The molecule has 0 aliphatic carbocycles. The maximum absolute atomic E-state index is 12.0. The molecule has 0 saturated heterocycles. The molecule has 0 bridgehead atoms. The number of esters is 1. The fourth-order valence-corrected chi connectivity index (χ4v) is 2.91. The summed E-state index contributed by atoms with van der Waals surface area (Å²) in [6.45, 7) is 2.21. The fourth-order valence-electron chi connectivity index (χ4n) is 2.17. The lowest BCUT2D eigenvalue weighted by molar-refractivity contribution is 0.0597. The van der Waals surface area contributed by atoms with Gasteiger partial charge in [-0.25, -0.2) is 9.59 Å². The van der Waals surface area contributed by atoms with Crippen LogP contribution >= 0.6 is 11.3 Å². The number of ether oxygens (including phenoxy) is 2. The summed E-state index contributed by atoms with van der Waals surface area (Å²) in [5, 5.41) is 7.61. The summed E-state index contributed by atoms with van der Waals surface area (Å²) in [6.07, 6.45) is 0. The van der Waals surface area contributed by atoms with E-state index in [-0.39, 0.29) is 18.6 Å². The van der Waals surface area contributed by atoms with Crippen molar-refractivity contribution in [1.29, 1.82) is 0 Å². The zero-order valence-corrected chi connectivity index (χ0v) is 14.6. The largest absolute Gasteiger partial charge is 0.496 e. The molecule has 128 valence electrons. The highest BCUT2D eigenvalue weighted by molar-refractivity contribution is 7.10. The lowest BCUT2D eigenvalue weighted by Gasteiger charge is -2.14. The smallest absolute Gasteiger partial charge is 0.341 e. The van der Waals surface area contributed by atoms with Gasteiger partial charge in [0.25, 0.3) is 0 Å². The summed E-state index contributed by atoms with van der Waals surface area (Å²) >= 11 is 1.59. The third-order valence-electron chi connectivity index (χ3n) is 3.44.